The van der Waals surface area contributed by atoms with Crippen LogP contribution in [0.5, 0.6) is 0 Å². The summed E-state index contributed by atoms with van der Waals surface area (Å²) in [5, 5.41) is 25.6. The molecule has 9 heteroatoms. The van der Waals surface area contributed by atoms with Gasteiger partial charge in [-0.3, -0.25) is 19.7 Å². The highest BCUT2D eigenvalue weighted by Gasteiger charge is 2.18. The first-order chi connectivity index (χ1) is 12.8. The lowest BCUT2D eigenvalue weighted by molar-refractivity contribution is -0.384. The van der Waals surface area contributed by atoms with Crippen LogP contribution in [0.25, 0.3) is 0 Å². The van der Waals surface area contributed by atoms with Crippen LogP contribution in [0, 0.1) is 17.0 Å². The van der Waals surface area contributed by atoms with E-state index in [4.69, 9.17) is 0 Å². The van der Waals surface area contributed by atoms with Crippen LogP contribution in [0.2, 0.25) is 0 Å². The molecule has 2 amide bonds. The molecule has 1 unspecified atom stereocenters. The summed E-state index contributed by atoms with van der Waals surface area (Å²) < 4.78 is 0. The molecule has 0 saturated carbocycles. The Hall–Kier alpha value is -2.91. The minimum absolute atomic E-state index is 0.140. The average Bonchev–Trinajstić information content (AvgIpc) is 2.67. The van der Waals surface area contributed by atoms with Crippen molar-refractivity contribution in [3.8, 4) is 0 Å². The standard InChI is InChI=1S/C18H19N3O5S/c1-11-3-6-13(21(25)26)9-15(11)20-18(24)17(23)19-10-16(22)12-4-7-14(27-2)8-5-12/h3-9,16,22H,10H2,1-2H3,(H,19,23)(H,20,24). The van der Waals surface area contributed by atoms with Crippen LogP contribution in [-0.4, -0.2) is 34.6 Å². The van der Waals surface area contributed by atoms with Gasteiger partial charge in [-0.1, -0.05) is 18.2 Å². The Labute approximate surface area is 160 Å². The number of benzene rings is 2. The van der Waals surface area contributed by atoms with Gasteiger partial charge in [-0.05, 0) is 36.4 Å². The second-order valence-corrected chi connectivity index (χ2v) is 6.59. The number of thioether (sulfide) groups is 1. The predicted molar refractivity (Wildman–Crippen MR) is 103 cm³/mol. The van der Waals surface area contributed by atoms with Crippen molar-refractivity contribution in [3.05, 3.63) is 63.7 Å². The zero-order chi connectivity index (χ0) is 20.0. The van der Waals surface area contributed by atoms with E-state index in [2.05, 4.69) is 10.6 Å². The third-order valence-corrected chi connectivity index (χ3v) is 4.59. The number of carbonyl (C=O) groups excluding carboxylic acids is 2. The Morgan fingerprint density at radius 2 is 1.85 bits per heavy atom. The van der Waals surface area contributed by atoms with Gasteiger partial charge in [-0.15, -0.1) is 11.8 Å². The van der Waals surface area contributed by atoms with Gasteiger partial charge in [0.15, 0.2) is 0 Å². The molecule has 0 aliphatic heterocycles. The molecule has 3 N–H and O–H groups in total. The number of nitro groups is 1. The van der Waals surface area contributed by atoms with E-state index in [1.54, 1.807) is 30.8 Å². The number of non-ortho nitro benzene ring substituents is 1. The van der Waals surface area contributed by atoms with Gasteiger partial charge in [0.25, 0.3) is 5.69 Å². The van der Waals surface area contributed by atoms with Crippen LogP contribution < -0.4 is 10.6 Å². The zero-order valence-corrected chi connectivity index (χ0v) is 15.6. The number of hydrogen-bond acceptors (Lipinski definition) is 6. The first-order valence-corrected chi connectivity index (χ1v) is 9.20. The Morgan fingerprint density at radius 3 is 2.44 bits per heavy atom. The molecule has 0 aromatic heterocycles. The minimum atomic E-state index is -0.969. The fraction of sp³-hybridized carbons (Fsp3) is 0.222. The second kappa shape index (κ2) is 9.15. The molecule has 2 aromatic carbocycles. The number of carbonyl (C=O) groups is 2. The van der Waals surface area contributed by atoms with Gasteiger partial charge in [0.1, 0.15) is 0 Å². The number of hydrogen-bond donors (Lipinski definition) is 3. The average molecular weight is 389 g/mol. The fourth-order valence-electron chi connectivity index (χ4n) is 2.25. The number of aryl methyl sites for hydroxylation is 1. The van der Waals surface area contributed by atoms with Crippen LogP contribution in [-0.2, 0) is 9.59 Å². The summed E-state index contributed by atoms with van der Waals surface area (Å²) >= 11 is 1.57. The molecule has 8 nitrogen and oxygen atoms in total. The number of rotatable bonds is 6. The number of anilines is 1. The highest BCUT2D eigenvalue weighted by Crippen LogP contribution is 2.22. The normalized spacial score (nSPS) is 11.5. The summed E-state index contributed by atoms with van der Waals surface area (Å²) in [5.74, 6) is -1.91. The molecule has 2 rings (SSSR count). The third kappa shape index (κ3) is 5.53. The zero-order valence-electron chi connectivity index (χ0n) is 14.8. The van der Waals surface area contributed by atoms with Crippen molar-refractivity contribution in [1.82, 2.24) is 5.32 Å². The minimum Gasteiger partial charge on any atom is -0.387 e. The van der Waals surface area contributed by atoms with E-state index in [0.717, 1.165) is 4.90 Å². The number of amides is 2. The predicted octanol–water partition coefficient (Wildman–Crippen LogP) is 2.41. The fourth-order valence-corrected chi connectivity index (χ4v) is 2.66. The lowest BCUT2D eigenvalue weighted by Gasteiger charge is -2.13. The molecule has 142 valence electrons. The van der Waals surface area contributed by atoms with Gasteiger partial charge >= 0.3 is 11.8 Å². The summed E-state index contributed by atoms with van der Waals surface area (Å²) in [6.45, 7) is 1.51. The highest BCUT2D eigenvalue weighted by molar-refractivity contribution is 7.98. The molecule has 0 heterocycles. The van der Waals surface area contributed by atoms with Gasteiger partial charge in [-0.2, -0.15) is 0 Å². The molecule has 0 saturated heterocycles. The van der Waals surface area contributed by atoms with Gasteiger partial charge in [0.05, 0.1) is 16.7 Å². The van der Waals surface area contributed by atoms with Gasteiger partial charge in [0.2, 0.25) is 0 Å². The van der Waals surface area contributed by atoms with Crippen LogP contribution in [0.15, 0.2) is 47.4 Å². The molecule has 0 aliphatic carbocycles. The number of nitro benzene ring substituents is 1. The third-order valence-electron chi connectivity index (χ3n) is 3.84. The van der Waals surface area contributed by atoms with Crippen LogP contribution in [0.1, 0.15) is 17.2 Å². The maximum atomic E-state index is 12.0. The van der Waals surface area contributed by atoms with Crippen molar-refractivity contribution < 1.29 is 19.6 Å². The molecular formula is C18H19N3O5S. The van der Waals surface area contributed by atoms with Gasteiger partial charge < -0.3 is 15.7 Å². The molecule has 2 aromatic rings. The van der Waals surface area contributed by atoms with Gasteiger partial charge in [0, 0.05) is 23.6 Å². The van der Waals surface area contributed by atoms with Crippen molar-refractivity contribution in [1.29, 1.82) is 0 Å². The largest absolute Gasteiger partial charge is 0.387 e. The van der Waals surface area contributed by atoms with E-state index in [1.165, 1.54) is 18.2 Å². The summed E-state index contributed by atoms with van der Waals surface area (Å²) in [7, 11) is 0. The highest BCUT2D eigenvalue weighted by atomic mass is 32.2. The quantitative estimate of drug-likeness (QED) is 0.302. The van der Waals surface area contributed by atoms with Crippen LogP contribution in [0.4, 0.5) is 11.4 Å². The number of nitrogens with one attached hydrogen (secondary N) is 2. The monoisotopic (exact) mass is 389 g/mol. The van der Waals surface area contributed by atoms with E-state index in [1.807, 2.05) is 18.4 Å². The van der Waals surface area contributed by atoms with E-state index >= 15 is 0 Å². The van der Waals surface area contributed by atoms with E-state index in [-0.39, 0.29) is 17.9 Å². The Balaban J connectivity index is 1.94. The van der Waals surface area contributed by atoms with E-state index < -0.39 is 22.8 Å². The number of nitrogens with zero attached hydrogens (tertiary/aromatic N) is 1. The summed E-state index contributed by atoms with van der Waals surface area (Å²) in [6, 6.07) is 11.2. The lowest BCUT2D eigenvalue weighted by Crippen LogP contribution is -2.37. The first-order valence-electron chi connectivity index (χ1n) is 7.98. The maximum Gasteiger partial charge on any atom is 0.313 e. The van der Waals surface area contributed by atoms with Crippen LogP contribution in [0.3, 0.4) is 0 Å². The Kier molecular flexibility index (Phi) is 6.91. The smallest absolute Gasteiger partial charge is 0.313 e. The maximum absolute atomic E-state index is 12.0. The Morgan fingerprint density at radius 1 is 1.19 bits per heavy atom. The summed E-state index contributed by atoms with van der Waals surface area (Å²) in [6.07, 6.45) is 0.977. The van der Waals surface area contributed by atoms with Gasteiger partial charge in [-0.25, -0.2) is 0 Å². The molecular weight excluding hydrogens is 370 g/mol. The number of aliphatic hydroxyl groups excluding tert-OH is 1. The lowest BCUT2D eigenvalue weighted by atomic mass is 10.1. The SMILES string of the molecule is CSc1ccc(C(O)CNC(=O)C(=O)Nc2cc([N+](=O)[O-])ccc2C)cc1. The molecule has 1 atom stereocenters. The topological polar surface area (TPSA) is 122 Å². The Bertz CT molecular complexity index is 855. The van der Waals surface area contributed by atoms with Crippen molar-refractivity contribution in [2.75, 3.05) is 18.1 Å². The molecule has 0 radical (unpaired) electrons. The molecule has 0 spiro atoms. The molecule has 0 bridgehead atoms. The molecule has 0 aliphatic rings. The summed E-state index contributed by atoms with van der Waals surface area (Å²) in [4.78, 5) is 35.2. The van der Waals surface area contributed by atoms with E-state index in [0.29, 0.717) is 11.1 Å². The number of aliphatic hydroxyl groups is 1. The van der Waals surface area contributed by atoms with Crippen molar-refractivity contribution in [2.45, 2.75) is 17.9 Å². The second-order valence-electron chi connectivity index (χ2n) is 5.71. The van der Waals surface area contributed by atoms with Crippen molar-refractivity contribution in [3.63, 3.8) is 0 Å². The summed E-state index contributed by atoms with van der Waals surface area (Å²) in [5.41, 5.74) is 1.18. The van der Waals surface area contributed by atoms with Crippen molar-refractivity contribution >= 4 is 35.0 Å². The van der Waals surface area contributed by atoms with Crippen molar-refractivity contribution in [2.24, 2.45) is 0 Å². The molecule has 27 heavy (non-hydrogen) atoms. The molecule has 0 fully saturated rings. The first kappa shape index (κ1) is 20.4. The van der Waals surface area contributed by atoms with E-state index in [9.17, 15) is 24.8 Å². The van der Waals surface area contributed by atoms with Crippen LogP contribution >= 0.6 is 11.8 Å².